The topological polar surface area (TPSA) is 104 Å². The number of hydrogen-bond acceptors (Lipinski definition) is 5. The largest absolute Gasteiger partial charge is 0.478 e. The van der Waals surface area contributed by atoms with Gasteiger partial charge in [0.25, 0.3) is 0 Å². The summed E-state index contributed by atoms with van der Waals surface area (Å²) in [4.78, 5) is 11.7. The number of rotatable bonds is 4. The first-order chi connectivity index (χ1) is 13.8. The first-order valence-corrected chi connectivity index (χ1v) is 11.0. The standard InChI is InChI=1S/C22H20ClNO5S/c1-22(2,3)20(21(25)26)29-19-10-5-14(13-24)11-16(19)7-6-15-12-17(30(4,27)28)8-9-18(15)23/h5,8-12,20H,1-4H3,(H,25,26). The number of sulfone groups is 1. The van der Waals surface area contributed by atoms with E-state index in [2.05, 4.69) is 11.8 Å². The number of carbonyl (C=O) groups is 1. The molecule has 0 saturated heterocycles. The second kappa shape index (κ2) is 8.79. The fraction of sp³-hybridized carbons (Fsp3) is 0.273. The highest BCUT2D eigenvalue weighted by Crippen LogP contribution is 2.28. The van der Waals surface area contributed by atoms with Gasteiger partial charge in [-0.25, -0.2) is 13.2 Å². The van der Waals surface area contributed by atoms with E-state index < -0.39 is 27.3 Å². The number of nitriles is 1. The van der Waals surface area contributed by atoms with Crippen molar-refractivity contribution in [2.75, 3.05) is 6.26 Å². The van der Waals surface area contributed by atoms with Gasteiger partial charge in [-0.3, -0.25) is 0 Å². The highest BCUT2D eigenvalue weighted by molar-refractivity contribution is 7.90. The lowest BCUT2D eigenvalue weighted by Crippen LogP contribution is -2.39. The molecule has 1 atom stereocenters. The number of nitrogens with zero attached hydrogens (tertiary/aromatic N) is 1. The number of benzene rings is 2. The third kappa shape index (κ3) is 5.76. The van der Waals surface area contributed by atoms with Crippen molar-refractivity contribution in [1.82, 2.24) is 0 Å². The van der Waals surface area contributed by atoms with Crippen LogP contribution in [0.4, 0.5) is 0 Å². The van der Waals surface area contributed by atoms with E-state index >= 15 is 0 Å². The maximum absolute atomic E-state index is 11.8. The van der Waals surface area contributed by atoms with Crippen molar-refractivity contribution in [3.8, 4) is 23.7 Å². The van der Waals surface area contributed by atoms with Crippen molar-refractivity contribution in [3.05, 3.63) is 58.1 Å². The van der Waals surface area contributed by atoms with Gasteiger partial charge >= 0.3 is 5.97 Å². The molecule has 0 radical (unpaired) electrons. The fourth-order valence-corrected chi connectivity index (χ4v) is 3.30. The van der Waals surface area contributed by atoms with Crippen LogP contribution in [0.25, 0.3) is 0 Å². The Morgan fingerprint density at radius 3 is 2.30 bits per heavy atom. The molecule has 0 amide bonds. The van der Waals surface area contributed by atoms with Crippen LogP contribution in [0.5, 0.6) is 5.75 Å². The minimum absolute atomic E-state index is 0.0668. The smallest absolute Gasteiger partial charge is 0.345 e. The zero-order valence-electron chi connectivity index (χ0n) is 16.9. The molecule has 2 aromatic carbocycles. The number of hydrogen-bond donors (Lipinski definition) is 1. The van der Waals surface area contributed by atoms with Crippen LogP contribution >= 0.6 is 11.6 Å². The Labute approximate surface area is 181 Å². The molecule has 1 N–H and O–H groups in total. The van der Waals surface area contributed by atoms with E-state index in [0.29, 0.717) is 5.56 Å². The van der Waals surface area contributed by atoms with Gasteiger partial charge in [0.1, 0.15) is 5.75 Å². The first-order valence-electron chi connectivity index (χ1n) is 8.78. The van der Waals surface area contributed by atoms with Gasteiger partial charge in [-0.05, 0) is 36.4 Å². The molecule has 0 saturated carbocycles. The normalized spacial score (nSPS) is 12.3. The molecule has 30 heavy (non-hydrogen) atoms. The van der Waals surface area contributed by atoms with E-state index in [1.54, 1.807) is 20.8 Å². The molecule has 0 aliphatic carbocycles. The molecule has 0 fully saturated rings. The number of ether oxygens (including phenoxy) is 1. The molecule has 156 valence electrons. The van der Waals surface area contributed by atoms with Crippen LogP contribution in [0.3, 0.4) is 0 Å². The van der Waals surface area contributed by atoms with Crippen LogP contribution in [0.1, 0.15) is 37.5 Å². The van der Waals surface area contributed by atoms with E-state index in [0.717, 1.165) is 6.26 Å². The second-order valence-corrected chi connectivity index (χ2v) is 10.1. The third-order valence-corrected chi connectivity index (χ3v) is 5.50. The summed E-state index contributed by atoms with van der Waals surface area (Å²) in [5.74, 6) is 4.68. The Morgan fingerprint density at radius 2 is 1.77 bits per heavy atom. The van der Waals surface area contributed by atoms with E-state index in [-0.39, 0.29) is 26.8 Å². The minimum atomic E-state index is -3.45. The molecule has 8 heteroatoms. The molecule has 2 rings (SSSR count). The van der Waals surface area contributed by atoms with E-state index in [1.165, 1.54) is 36.4 Å². The molecule has 1 unspecified atom stereocenters. The quantitative estimate of drug-likeness (QED) is 0.716. The average Bonchev–Trinajstić information content (AvgIpc) is 2.63. The molecular weight excluding hydrogens is 426 g/mol. The summed E-state index contributed by atoms with van der Waals surface area (Å²) >= 11 is 6.14. The SMILES string of the molecule is CC(C)(C)C(Oc1ccc(C#N)cc1C#Cc1cc(S(C)(=O)=O)ccc1Cl)C(=O)O. The molecule has 0 heterocycles. The molecular formula is C22H20ClNO5S. The van der Waals surface area contributed by atoms with Crippen molar-refractivity contribution in [2.45, 2.75) is 31.8 Å². The Bertz CT molecular complexity index is 1190. The van der Waals surface area contributed by atoms with Crippen molar-refractivity contribution in [2.24, 2.45) is 5.41 Å². The summed E-state index contributed by atoms with van der Waals surface area (Å²) in [5, 5.41) is 19.0. The van der Waals surface area contributed by atoms with Crippen molar-refractivity contribution in [1.29, 1.82) is 5.26 Å². The summed E-state index contributed by atoms with van der Waals surface area (Å²) in [5.41, 5.74) is 0.173. The van der Waals surface area contributed by atoms with Gasteiger partial charge in [0.2, 0.25) is 0 Å². The number of carboxylic acid groups (broad SMARTS) is 1. The van der Waals surface area contributed by atoms with E-state index in [4.69, 9.17) is 16.3 Å². The van der Waals surface area contributed by atoms with Crippen LogP contribution in [0.2, 0.25) is 5.02 Å². The molecule has 0 bridgehead atoms. The number of halogens is 1. The van der Waals surface area contributed by atoms with Crippen LogP contribution in [-0.2, 0) is 14.6 Å². The number of carboxylic acids is 1. The number of aliphatic carboxylic acids is 1. The minimum Gasteiger partial charge on any atom is -0.478 e. The Kier molecular flexibility index (Phi) is 6.82. The van der Waals surface area contributed by atoms with Gasteiger partial charge in [-0.2, -0.15) is 5.26 Å². The van der Waals surface area contributed by atoms with Gasteiger partial charge in [0.05, 0.1) is 27.1 Å². The van der Waals surface area contributed by atoms with Crippen LogP contribution in [0.15, 0.2) is 41.3 Å². The van der Waals surface area contributed by atoms with Gasteiger partial charge in [-0.1, -0.05) is 44.2 Å². The molecule has 6 nitrogen and oxygen atoms in total. The summed E-state index contributed by atoms with van der Waals surface area (Å²) in [6, 6.07) is 10.6. The van der Waals surface area contributed by atoms with Crippen LogP contribution < -0.4 is 4.74 Å². The lowest BCUT2D eigenvalue weighted by Gasteiger charge is -2.28. The summed E-state index contributed by atoms with van der Waals surface area (Å²) < 4.78 is 29.3. The van der Waals surface area contributed by atoms with Crippen LogP contribution in [-0.4, -0.2) is 31.9 Å². The average molecular weight is 446 g/mol. The molecule has 0 aliphatic rings. The lowest BCUT2D eigenvalue weighted by atomic mass is 9.89. The zero-order valence-corrected chi connectivity index (χ0v) is 18.4. The molecule has 0 aliphatic heterocycles. The predicted molar refractivity (Wildman–Crippen MR) is 113 cm³/mol. The van der Waals surface area contributed by atoms with Gasteiger partial charge < -0.3 is 9.84 Å². The Hall–Kier alpha value is -3.00. The van der Waals surface area contributed by atoms with Gasteiger partial charge in [-0.15, -0.1) is 0 Å². The fourth-order valence-electron chi connectivity index (χ4n) is 2.49. The molecule has 2 aromatic rings. The molecule has 0 aromatic heterocycles. The predicted octanol–water partition coefficient (Wildman–Crippen LogP) is 3.89. The zero-order chi connectivity index (χ0) is 22.7. The second-order valence-electron chi connectivity index (χ2n) is 7.69. The Morgan fingerprint density at radius 1 is 1.13 bits per heavy atom. The summed E-state index contributed by atoms with van der Waals surface area (Å²) in [6.45, 7) is 5.20. The maximum Gasteiger partial charge on any atom is 0.345 e. The summed E-state index contributed by atoms with van der Waals surface area (Å²) in [6.07, 6.45) is -0.0722. The molecule has 0 spiro atoms. The highest BCUT2D eigenvalue weighted by atomic mass is 35.5. The van der Waals surface area contributed by atoms with Crippen LogP contribution in [0, 0.1) is 28.6 Å². The monoisotopic (exact) mass is 445 g/mol. The highest BCUT2D eigenvalue weighted by Gasteiger charge is 2.33. The first kappa shape index (κ1) is 23.3. The van der Waals surface area contributed by atoms with Gasteiger partial charge in [0, 0.05) is 17.2 Å². The van der Waals surface area contributed by atoms with Gasteiger partial charge in [0.15, 0.2) is 15.9 Å². The maximum atomic E-state index is 11.8. The van der Waals surface area contributed by atoms with Crippen molar-refractivity contribution in [3.63, 3.8) is 0 Å². The third-order valence-electron chi connectivity index (χ3n) is 4.06. The van der Waals surface area contributed by atoms with Crippen molar-refractivity contribution < 1.29 is 23.1 Å². The Balaban J connectivity index is 2.57. The van der Waals surface area contributed by atoms with E-state index in [1.807, 2.05) is 6.07 Å². The van der Waals surface area contributed by atoms with E-state index in [9.17, 15) is 23.6 Å². The lowest BCUT2D eigenvalue weighted by molar-refractivity contribution is -0.150. The van der Waals surface area contributed by atoms with Crippen molar-refractivity contribution >= 4 is 27.4 Å². The summed E-state index contributed by atoms with van der Waals surface area (Å²) in [7, 11) is -3.45.